The third kappa shape index (κ3) is 3.03. The number of pyridine rings is 1. The van der Waals surface area contributed by atoms with Crippen LogP contribution in [0.25, 0.3) is 0 Å². The number of rotatable bonds is 5. The molecule has 3 nitrogen and oxygen atoms in total. The van der Waals surface area contributed by atoms with Crippen molar-refractivity contribution in [2.24, 2.45) is 0 Å². The molecule has 0 aliphatic carbocycles. The SMILES string of the molecule is CNC(Cc1ccncc1)C(C)(C)N(C)C. The van der Waals surface area contributed by atoms with E-state index in [1.165, 1.54) is 5.56 Å². The third-order valence-corrected chi connectivity index (χ3v) is 3.54. The van der Waals surface area contributed by atoms with Crippen LogP contribution in [0.2, 0.25) is 0 Å². The van der Waals surface area contributed by atoms with Crippen LogP contribution in [0.1, 0.15) is 19.4 Å². The smallest absolute Gasteiger partial charge is 0.0303 e. The molecule has 1 rings (SSSR count). The highest BCUT2D eigenvalue weighted by Crippen LogP contribution is 2.19. The Balaban J connectivity index is 2.77. The van der Waals surface area contributed by atoms with Crippen LogP contribution in [-0.4, -0.2) is 42.6 Å². The highest BCUT2D eigenvalue weighted by atomic mass is 15.2. The normalized spacial score (nSPS) is 14.1. The summed E-state index contributed by atoms with van der Waals surface area (Å²) in [6.45, 7) is 4.52. The van der Waals surface area contributed by atoms with E-state index in [0.29, 0.717) is 6.04 Å². The highest BCUT2D eigenvalue weighted by molar-refractivity contribution is 5.13. The van der Waals surface area contributed by atoms with Gasteiger partial charge < -0.3 is 10.2 Å². The molecule has 0 aliphatic heterocycles. The minimum atomic E-state index is 0.123. The van der Waals surface area contributed by atoms with Crippen molar-refractivity contribution in [1.82, 2.24) is 15.2 Å². The molecule has 1 N–H and O–H groups in total. The molecule has 0 amide bonds. The zero-order chi connectivity index (χ0) is 12.2. The molecule has 0 aliphatic rings. The van der Waals surface area contributed by atoms with Gasteiger partial charge in [0.05, 0.1) is 0 Å². The van der Waals surface area contributed by atoms with Crippen LogP contribution in [0.4, 0.5) is 0 Å². The molecular formula is C13H23N3. The van der Waals surface area contributed by atoms with Crippen LogP contribution in [0, 0.1) is 0 Å². The Hall–Kier alpha value is -0.930. The van der Waals surface area contributed by atoms with Gasteiger partial charge in [0, 0.05) is 24.0 Å². The first-order chi connectivity index (χ1) is 7.48. The van der Waals surface area contributed by atoms with Gasteiger partial charge in [-0.3, -0.25) is 4.98 Å². The fourth-order valence-electron chi connectivity index (χ4n) is 1.77. The molecule has 0 spiro atoms. The van der Waals surface area contributed by atoms with E-state index in [9.17, 15) is 0 Å². The van der Waals surface area contributed by atoms with Crippen LogP contribution in [-0.2, 0) is 6.42 Å². The van der Waals surface area contributed by atoms with Crippen LogP contribution in [0.5, 0.6) is 0 Å². The number of nitrogens with one attached hydrogen (secondary N) is 1. The van der Waals surface area contributed by atoms with Crippen molar-refractivity contribution in [2.45, 2.75) is 31.8 Å². The summed E-state index contributed by atoms with van der Waals surface area (Å²) in [5, 5.41) is 3.41. The van der Waals surface area contributed by atoms with Crippen LogP contribution in [0.15, 0.2) is 24.5 Å². The lowest BCUT2D eigenvalue weighted by Gasteiger charge is -2.40. The van der Waals surface area contributed by atoms with E-state index in [0.717, 1.165) is 6.42 Å². The van der Waals surface area contributed by atoms with E-state index in [2.05, 4.69) is 55.3 Å². The number of hydrogen-bond donors (Lipinski definition) is 1. The molecule has 0 aromatic carbocycles. The summed E-state index contributed by atoms with van der Waals surface area (Å²) in [5.41, 5.74) is 1.45. The molecule has 0 radical (unpaired) electrons. The summed E-state index contributed by atoms with van der Waals surface area (Å²) in [6, 6.07) is 4.58. The average molecular weight is 221 g/mol. The van der Waals surface area contributed by atoms with Gasteiger partial charge in [-0.05, 0) is 59.1 Å². The molecule has 1 aromatic rings. The first-order valence-electron chi connectivity index (χ1n) is 5.72. The lowest BCUT2D eigenvalue weighted by molar-refractivity contribution is 0.141. The second-order valence-corrected chi connectivity index (χ2v) is 4.95. The second kappa shape index (κ2) is 5.41. The lowest BCUT2D eigenvalue weighted by atomic mass is 9.88. The van der Waals surface area contributed by atoms with E-state index in [1.807, 2.05) is 19.4 Å². The van der Waals surface area contributed by atoms with Crippen molar-refractivity contribution in [3.63, 3.8) is 0 Å². The van der Waals surface area contributed by atoms with E-state index < -0.39 is 0 Å². The Labute approximate surface area is 98.9 Å². The predicted molar refractivity (Wildman–Crippen MR) is 68.6 cm³/mol. The Morgan fingerprint density at radius 1 is 1.31 bits per heavy atom. The topological polar surface area (TPSA) is 28.2 Å². The maximum Gasteiger partial charge on any atom is 0.0303 e. The quantitative estimate of drug-likeness (QED) is 0.817. The third-order valence-electron chi connectivity index (χ3n) is 3.54. The van der Waals surface area contributed by atoms with Crippen molar-refractivity contribution in [2.75, 3.05) is 21.1 Å². The maximum absolute atomic E-state index is 4.04. The molecule has 1 atom stereocenters. The van der Waals surface area contributed by atoms with E-state index in [-0.39, 0.29) is 5.54 Å². The molecule has 0 saturated carbocycles. The van der Waals surface area contributed by atoms with Crippen molar-refractivity contribution in [3.8, 4) is 0 Å². The van der Waals surface area contributed by atoms with E-state index in [1.54, 1.807) is 0 Å². The van der Waals surface area contributed by atoms with Gasteiger partial charge in [0.25, 0.3) is 0 Å². The van der Waals surface area contributed by atoms with Crippen molar-refractivity contribution >= 4 is 0 Å². The van der Waals surface area contributed by atoms with E-state index >= 15 is 0 Å². The Bertz CT molecular complexity index is 306. The van der Waals surface area contributed by atoms with Crippen LogP contribution in [0.3, 0.4) is 0 Å². The molecular weight excluding hydrogens is 198 g/mol. The first-order valence-corrected chi connectivity index (χ1v) is 5.72. The van der Waals surface area contributed by atoms with Gasteiger partial charge in [0.15, 0.2) is 0 Å². The van der Waals surface area contributed by atoms with Gasteiger partial charge in [-0.25, -0.2) is 0 Å². The molecule has 0 saturated heterocycles. The lowest BCUT2D eigenvalue weighted by Crippen LogP contribution is -2.55. The van der Waals surface area contributed by atoms with Crippen molar-refractivity contribution in [3.05, 3.63) is 30.1 Å². The van der Waals surface area contributed by atoms with Crippen LogP contribution >= 0.6 is 0 Å². The molecule has 1 unspecified atom stereocenters. The molecule has 3 heteroatoms. The first kappa shape index (κ1) is 13.1. The van der Waals surface area contributed by atoms with Gasteiger partial charge in [-0.2, -0.15) is 0 Å². The van der Waals surface area contributed by atoms with Gasteiger partial charge >= 0.3 is 0 Å². The summed E-state index contributed by atoms with van der Waals surface area (Å²) < 4.78 is 0. The van der Waals surface area contributed by atoms with Crippen LogP contribution < -0.4 is 5.32 Å². The van der Waals surface area contributed by atoms with Gasteiger partial charge in [0.2, 0.25) is 0 Å². The highest BCUT2D eigenvalue weighted by Gasteiger charge is 2.30. The zero-order valence-electron chi connectivity index (χ0n) is 11.0. The van der Waals surface area contributed by atoms with Gasteiger partial charge in [0.1, 0.15) is 0 Å². The summed E-state index contributed by atoms with van der Waals surface area (Å²) in [6.07, 6.45) is 4.72. The van der Waals surface area contributed by atoms with Gasteiger partial charge in [-0.1, -0.05) is 0 Å². The molecule has 1 heterocycles. The second-order valence-electron chi connectivity index (χ2n) is 4.95. The van der Waals surface area contributed by atoms with Crippen molar-refractivity contribution in [1.29, 1.82) is 0 Å². The Morgan fingerprint density at radius 3 is 2.31 bits per heavy atom. The average Bonchev–Trinajstić information content (AvgIpc) is 2.26. The molecule has 0 fully saturated rings. The summed E-state index contributed by atoms with van der Waals surface area (Å²) in [5.74, 6) is 0. The molecule has 1 aromatic heterocycles. The Morgan fingerprint density at radius 2 is 1.88 bits per heavy atom. The fourth-order valence-corrected chi connectivity index (χ4v) is 1.77. The minimum Gasteiger partial charge on any atom is -0.315 e. The molecule has 90 valence electrons. The van der Waals surface area contributed by atoms with E-state index in [4.69, 9.17) is 0 Å². The number of likely N-dealkylation sites (N-methyl/N-ethyl adjacent to an activating group) is 2. The minimum absolute atomic E-state index is 0.123. The molecule has 0 bridgehead atoms. The number of aromatic nitrogens is 1. The predicted octanol–water partition coefficient (Wildman–Crippen LogP) is 1.55. The summed E-state index contributed by atoms with van der Waals surface area (Å²) in [7, 11) is 6.27. The van der Waals surface area contributed by atoms with Crippen molar-refractivity contribution < 1.29 is 0 Å². The maximum atomic E-state index is 4.04. The van der Waals surface area contributed by atoms with Gasteiger partial charge in [-0.15, -0.1) is 0 Å². The molecule has 16 heavy (non-hydrogen) atoms. The Kier molecular flexibility index (Phi) is 4.44. The number of nitrogens with zero attached hydrogens (tertiary/aromatic N) is 2. The summed E-state index contributed by atoms with van der Waals surface area (Å²) >= 11 is 0. The fraction of sp³-hybridized carbons (Fsp3) is 0.615. The summed E-state index contributed by atoms with van der Waals surface area (Å²) in [4.78, 5) is 6.30. The monoisotopic (exact) mass is 221 g/mol. The number of hydrogen-bond acceptors (Lipinski definition) is 3. The zero-order valence-corrected chi connectivity index (χ0v) is 11.0. The largest absolute Gasteiger partial charge is 0.315 e. The standard InChI is InChI=1S/C13H23N3/c1-13(2,16(4)5)12(14-3)10-11-6-8-15-9-7-11/h6-9,12,14H,10H2,1-5H3.